The van der Waals surface area contributed by atoms with Crippen molar-refractivity contribution in [3.63, 3.8) is 0 Å². The van der Waals surface area contributed by atoms with Gasteiger partial charge in [0.15, 0.2) is 0 Å². The molecule has 3 N–H and O–H groups in total. The Bertz CT molecular complexity index is 1650. The molecule has 36 heavy (non-hydrogen) atoms. The average molecular weight is 506 g/mol. The SMILES string of the molecule is Cc1ccc(C(=O)Nc2cccc(C(=O)Nc3cccc4cc(S(=O)(=O)O)ccc34)c2)cc1[N+](=O)[O-]. The minimum Gasteiger partial charge on any atom is -0.322 e. The molecule has 0 radical (unpaired) electrons. The quantitative estimate of drug-likeness (QED) is 0.193. The van der Waals surface area contributed by atoms with Gasteiger partial charge >= 0.3 is 0 Å². The first kappa shape index (κ1) is 24.5. The van der Waals surface area contributed by atoms with Crippen LogP contribution in [0.2, 0.25) is 0 Å². The Balaban J connectivity index is 1.55. The molecule has 4 rings (SSSR count). The predicted octanol–water partition coefficient (Wildman–Crippen LogP) is 4.81. The lowest BCUT2D eigenvalue weighted by Crippen LogP contribution is -2.15. The number of rotatable bonds is 6. The molecule has 11 heteroatoms. The average Bonchev–Trinajstić information content (AvgIpc) is 2.83. The van der Waals surface area contributed by atoms with Crippen LogP contribution in [-0.2, 0) is 10.1 Å². The molecule has 0 unspecified atom stereocenters. The van der Waals surface area contributed by atoms with Crippen molar-refractivity contribution in [2.45, 2.75) is 11.8 Å². The summed E-state index contributed by atoms with van der Waals surface area (Å²) in [6.07, 6.45) is 0. The van der Waals surface area contributed by atoms with Gasteiger partial charge in [-0.25, -0.2) is 0 Å². The molecule has 10 nitrogen and oxygen atoms in total. The Labute approximate surface area is 205 Å². The van der Waals surface area contributed by atoms with Crippen LogP contribution in [0.3, 0.4) is 0 Å². The van der Waals surface area contributed by atoms with Crippen molar-refractivity contribution in [2.75, 3.05) is 10.6 Å². The standard InChI is InChI=1S/C25H19N3O7S/c1-15-8-9-18(14-23(15)28(31)32)24(29)26-19-6-2-5-17(12-19)25(30)27-22-7-3-4-16-13-20(36(33,34)35)10-11-21(16)22/h2-14H,1H3,(H,26,29)(H,27,30)(H,33,34,35). The molecular weight excluding hydrogens is 486 g/mol. The van der Waals surface area contributed by atoms with Gasteiger partial charge in [-0.2, -0.15) is 8.42 Å². The minimum absolute atomic E-state index is 0.0992. The zero-order valence-corrected chi connectivity index (χ0v) is 19.6. The van der Waals surface area contributed by atoms with Crippen LogP contribution in [0.4, 0.5) is 17.1 Å². The summed E-state index contributed by atoms with van der Waals surface area (Å²) in [6.45, 7) is 1.57. The van der Waals surface area contributed by atoms with Gasteiger partial charge in [0.2, 0.25) is 0 Å². The molecule has 0 atom stereocenters. The third-order valence-electron chi connectivity index (χ3n) is 5.45. The van der Waals surface area contributed by atoms with Crippen molar-refractivity contribution in [2.24, 2.45) is 0 Å². The lowest BCUT2D eigenvalue weighted by atomic mass is 10.1. The van der Waals surface area contributed by atoms with Gasteiger partial charge in [-0.3, -0.25) is 24.3 Å². The maximum absolute atomic E-state index is 12.9. The summed E-state index contributed by atoms with van der Waals surface area (Å²) in [4.78, 5) is 35.9. The third-order valence-corrected chi connectivity index (χ3v) is 6.30. The van der Waals surface area contributed by atoms with Gasteiger partial charge in [0.25, 0.3) is 27.6 Å². The van der Waals surface area contributed by atoms with E-state index >= 15 is 0 Å². The molecule has 0 spiro atoms. The van der Waals surface area contributed by atoms with Gasteiger partial charge in [-0.1, -0.05) is 30.3 Å². The highest BCUT2D eigenvalue weighted by molar-refractivity contribution is 7.85. The second-order valence-electron chi connectivity index (χ2n) is 7.91. The fourth-order valence-corrected chi connectivity index (χ4v) is 4.13. The Morgan fingerprint density at radius 3 is 2.28 bits per heavy atom. The van der Waals surface area contributed by atoms with E-state index in [1.165, 1.54) is 42.5 Å². The van der Waals surface area contributed by atoms with Crippen molar-refractivity contribution in [1.82, 2.24) is 0 Å². The number of carbonyl (C=O) groups is 2. The number of amides is 2. The number of anilines is 2. The van der Waals surface area contributed by atoms with Gasteiger partial charge in [0.1, 0.15) is 0 Å². The van der Waals surface area contributed by atoms with Crippen molar-refractivity contribution >= 4 is 49.8 Å². The fraction of sp³-hybridized carbons (Fsp3) is 0.0400. The molecule has 0 saturated heterocycles. The first-order valence-corrected chi connectivity index (χ1v) is 11.9. The lowest BCUT2D eigenvalue weighted by Gasteiger charge is -2.11. The molecule has 0 aliphatic heterocycles. The first-order valence-electron chi connectivity index (χ1n) is 10.5. The number of hydrogen-bond acceptors (Lipinski definition) is 6. The van der Waals surface area contributed by atoms with Gasteiger partial charge in [-0.05, 0) is 54.8 Å². The van der Waals surface area contributed by atoms with Crippen LogP contribution in [0.25, 0.3) is 10.8 Å². The molecule has 0 fully saturated rings. The zero-order chi connectivity index (χ0) is 26.0. The number of nitrogens with one attached hydrogen (secondary N) is 2. The van der Waals surface area contributed by atoms with Crippen LogP contribution < -0.4 is 10.6 Å². The van der Waals surface area contributed by atoms with Gasteiger partial charge in [-0.15, -0.1) is 0 Å². The molecule has 0 aliphatic rings. The highest BCUT2D eigenvalue weighted by Gasteiger charge is 2.16. The van der Waals surface area contributed by atoms with Crippen LogP contribution >= 0.6 is 0 Å². The molecular formula is C25H19N3O7S. The van der Waals surface area contributed by atoms with E-state index in [4.69, 9.17) is 0 Å². The van der Waals surface area contributed by atoms with Gasteiger partial charge < -0.3 is 10.6 Å². The number of nitrogens with zero attached hydrogens (tertiary/aromatic N) is 1. The summed E-state index contributed by atoms with van der Waals surface area (Å²) in [7, 11) is -4.37. The van der Waals surface area contributed by atoms with E-state index in [1.54, 1.807) is 43.3 Å². The molecule has 0 aromatic heterocycles. The van der Waals surface area contributed by atoms with E-state index in [9.17, 15) is 32.7 Å². The maximum atomic E-state index is 12.9. The van der Waals surface area contributed by atoms with Crippen molar-refractivity contribution in [3.05, 3.63) is 106 Å². The Kier molecular flexibility index (Phi) is 6.51. The molecule has 0 bridgehead atoms. The third kappa shape index (κ3) is 5.22. The second-order valence-corrected chi connectivity index (χ2v) is 9.33. The fourth-order valence-electron chi connectivity index (χ4n) is 3.61. The van der Waals surface area contributed by atoms with E-state index in [1.807, 2.05) is 0 Å². The van der Waals surface area contributed by atoms with E-state index in [0.29, 0.717) is 27.7 Å². The number of hydrogen-bond donors (Lipinski definition) is 3. The lowest BCUT2D eigenvalue weighted by molar-refractivity contribution is -0.385. The minimum atomic E-state index is -4.37. The molecule has 182 valence electrons. The molecule has 4 aromatic carbocycles. The Morgan fingerprint density at radius 2 is 1.56 bits per heavy atom. The van der Waals surface area contributed by atoms with Crippen LogP contribution in [0.5, 0.6) is 0 Å². The van der Waals surface area contributed by atoms with Crippen LogP contribution in [0.1, 0.15) is 26.3 Å². The van der Waals surface area contributed by atoms with Crippen molar-refractivity contribution in [1.29, 1.82) is 0 Å². The summed E-state index contributed by atoms with van der Waals surface area (Å²) < 4.78 is 32.1. The number of benzene rings is 4. The predicted molar refractivity (Wildman–Crippen MR) is 134 cm³/mol. The van der Waals surface area contributed by atoms with Gasteiger partial charge in [0, 0.05) is 39.5 Å². The van der Waals surface area contributed by atoms with Crippen molar-refractivity contribution in [3.8, 4) is 0 Å². The number of nitro benzene ring substituents is 1. The van der Waals surface area contributed by atoms with Crippen LogP contribution in [-0.4, -0.2) is 29.7 Å². The number of fused-ring (bicyclic) bond motifs is 1. The van der Waals surface area contributed by atoms with E-state index in [-0.39, 0.29) is 21.7 Å². The first-order chi connectivity index (χ1) is 17.0. The summed E-state index contributed by atoms with van der Waals surface area (Å²) in [6, 6.07) is 19.2. The highest BCUT2D eigenvalue weighted by Crippen LogP contribution is 2.27. The molecule has 2 amide bonds. The zero-order valence-electron chi connectivity index (χ0n) is 18.8. The van der Waals surface area contributed by atoms with E-state index < -0.39 is 26.9 Å². The molecule has 0 aliphatic carbocycles. The number of carbonyl (C=O) groups excluding carboxylic acids is 2. The monoisotopic (exact) mass is 505 g/mol. The topological polar surface area (TPSA) is 156 Å². The summed E-state index contributed by atoms with van der Waals surface area (Å²) in [5, 5.41) is 17.6. The van der Waals surface area contributed by atoms with Crippen LogP contribution in [0.15, 0.2) is 83.8 Å². The van der Waals surface area contributed by atoms with E-state index in [2.05, 4.69) is 10.6 Å². The highest BCUT2D eigenvalue weighted by atomic mass is 32.2. The smallest absolute Gasteiger partial charge is 0.294 e. The normalized spacial score (nSPS) is 11.2. The Morgan fingerprint density at radius 1 is 0.861 bits per heavy atom. The Hall–Kier alpha value is -4.61. The maximum Gasteiger partial charge on any atom is 0.294 e. The molecule has 4 aromatic rings. The molecule has 0 saturated carbocycles. The largest absolute Gasteiger partial charge is 0.322 e. The number of aryl methyl sites for hydroxylation is 1. The van der Waals surface area contributed by atoms with Gasteiger partial charge in [0.05, 0.1) is 9.82 Å². The summed E-state index contributed by atoms with van der Waals surface area (Å²) in [5.74, 6) is -1.05. The number of nitro groups is 1. The van der Waals surface area contributed by atoms with E-state index in [0.717, 1.165) is 0 Å². The second kappa shape index (κ2) is 9.56. The summed E-state index contributed by atoms with van der Waals surface area (Å²) in [5.41, 5.74) is 1.32. The van der Waals surface area contributed by atoms with Crippen molar-refractivity contribution < 1.29 is 27.5 Å². The summed E-state index contributed by atoms with van der Waals surface area (Å²) >= 11 is 0. The van der Waals surface area contributed by atoms with Crippen LogP contribution in [0, 0.1) is 17.0 Å². The molecule has 0 heterocycles.